The molecule has 0 spiro atoms. The fraction of sp³-hybridized carbons (Fsp3) is 0.0909. The summed E-state index contributed by atoms with van der Waals surface area (Å²) in [6, 6.07) is 18.5. The van der Waals surface area contributed by atoms with E-state index in [1.54, 1.807) is 31.3 Å². The molecule has 0 aliphatic carbocycles. The molecule has 1 amide bonds. The number of aryl methyl sites for hydroxylation is 1. The summed E-state index contributed by atoms with van der Waals surface area (Å²) in [6.45, 7) is 2.32. The van der Waals surface area contributed by atoms with Crippen molar-refractivity contribution >= 4 is 28.4 Å². The number of carbonyl (C=O) groups is 2. The van der Waals surface area contributed by atoms with Crippen molar-refractivity contribution in [1.82, 2.24) is 14.8 Å². The van der Waals surface area contributed by atoms with E-state index in [9.17, 15) is 9.59 Å². The standard InChI is InChI=1S/C22H17N5O2/c1-14-10-20(26-25-14)24-22(29)21(28)18-13-27(19-5-3-2-4-17(18)19)12-16-8-6-15(11-23)7-9-16/h2-10,13H,12H2,1H3,(H2,24,25,26,29). The third kappa shape index (κ3) is 3.64. The maximum atomic E-state index is 12.8. The maximum absolute atomic E-state index is 12.8. The van der Waals surface area contributed by atoms with Crippen LogP contribution in [0, 0.1) is 18.3 Å². The second-order valence-corrected chi connectivity index (χ2v) is 6.72. The van der Waals surface area contributed by atoms with E-state index in [0.29, 0.717) is 28.9 Å². The Kier molecular flexibility index (Phi) is 4.67. The number of amides is 1. The molecule has 2 aromatic heterocycles. The summed E-state index contributed by atoms with van der Waals surface area (Å²) in [6.07, 6.45) is 1.70. The van der Waals surface area contributed by atoms with Gasteiger partial charge in [0.2, 0.25) is 0 Å². The highest BCUT2D eigenvalue weighted by molar-refractivity contribution is 6.48. The number of carbonyl (C=O) groups excluding carboxylic acids is 2. The maximum Gasteiger partial charge on any atom is 0.298 e. The van der Waals surface area contributed by atoms with Crippen molar-refractivity contribution in [2.75, 3.05) is 5.32 Å². The highest BCUT2D eigenvalue weighted by Crippen LogP contribution is 2.23. The highest BCUT2D eigenvalue weighted by atomic mass is 16.2. The lowest BCUT2D eigenvalue weighted by atomic mass is 10.1. The molecule has 0 unspecified atom stereocenters. The number of hydrogen-bond acceptors (Lipinski definition) is 4. The number of para-hydroxylation sites is 1. The number of rotatable bonds is 5. The predicted molar refractivity (Wildman–Crippen MR) is 108 cm³/mol. The van der Waals surface area contributed by atoms with Crippen molar-refractivity contribution < 1.29 is 9.59 Å². The fourth-order valence-corrected chi connectivity index (χ4v) is 3.22. The average Bonchev–Trinajstić information content (AvgIpc) is 3.31. The lowest BCUT2D eigenvalue weighted by Gasteiger charge is -2.05. The molecule has 2 heterocycles. The molecule has 0 atom stereocenters. The summed E-state index contributed by atoms with van der Waals surface area (Å²) in [5, 5.41) is 18.8. The molecule has 7 heteroatoms. The van der Waals surface area contributed by atoms with Gasteiger partial charge in [-0.1, -0.05) is 30.3 Å². The smallest absolute Gasteiger partial charge is 0.298 e. The Bertz CT molecular complexity index is 1260. The Hall–Kier alpha value is -4.18. The second-order valence-electron chi connectivity index (χ2n) is 6.72. The lowest BCUT2D eigenvalue weighted by Crippen LogP contribution is -2.23. The minimum absolute atomic E-state index is 0.308. The van der Waals surface area contributed by atoms with Crippen LogP contribution in [0.25, 0.3) is 10.9 Å². The fourth-order valence-electron chi connectivity index (χ4n) is 3.22. The second kappa shape index (κ2) is 7.44. The van der Waals surface area contributed by atoms with Crippen molar-refractivity contribution in [3.05, 3.63) is 83.2 Å². The predicted octanol–water partition coefficient (Wildman–Crippen LogP) is 3.41. The molecule has 4 rings (SSSR count). The molecule has 0 aliphatic heterocycles. The zero-order valence-corrected chi connectivity index (χ0v) is 15.6. The Balaban J connectivity index is 1.65. The molecule has 4 aromatic rings. The van der Waals surface area contributed by atoms with E-state index >= 15 is 0 Å². The largest absolute Gasteiger partial charge is 0.342 e. The first-order valence-electron chi connectivity index (χ1n) is 9.00. The summed E-state index contributed by atoms with van der Waals surface area (Å²) >= 11 is 0. The van der Waals surface area contributed by atoms with Gasteiger partial charge in [-0.15, -0.1) is 0 Å². The molecular weight excluding hydrogens is 366 g/mol. The van der Waals surface area contributed by atoms with E-state index in [1.807, 2.05) is 41.0 Å². The van der Waals surface area contributed by atoms with Crippen LogP contribution >= 0.6 is 0 Å². The van der Waals surface area contributed by atoms with E-state index in [4.69, 9.17) is 5.26 Å². The summed E-state index contributed by atoms with van der Waals surface area (Å²) < 4.78 is 1.93. The number of nitrogens with one attached hydrogen (secondary N) is 2. The van der Waals surface area contributed by atoms with Gasteiger partial charge in [0.25, 0.3) is 11.7 Å². The minimum Gasteiger partial charge on any atom is -0.342 e. The topological polar surface area (TPSA) is 104 Å². The molecule has 142 valence electrons. The number of fused-ring (bicyclic) bond motifs is 1. The van der Waals surface area contributed by atoms with Crippen LogP contribution < -0.4 is 5.32 Å². The molecule has 0 aliphatic rings. The highest BCUT2D eigenvalue weighted by Gasteiger charge is 2.22. The van der Waals surface area contributed by atoms with E-state index < -0.39 is 11.7 Å². The molecule has 0 saturated heterocycles. The van der Waals surface area contributed by atoms with E-state index in [1.165, 1.54) is 0 Å². The van der Waals surface area contributed by atoms with Gasteiger partial charge in [0.1, 0.15) is 0 Å². The van der Waals surface area contributed by atoms with Crippen LogP contribution in [0.2, 0.25) is 0 Å². The SMILES string of the molecule is Cc1cc(NC(=O)C(=O)c2cn(Cc3ccc(C#N)cc3)c3ccccc23)n[nH]1. The third-order valence-corrected chi connectivity index (χ3v) is 4.62. The van der Waals surface area contributed by atoms with Crippen LogP contribution in [0.15, 0.2) is 60.8 Å². The van der Waals surface area contributed by atoms with Gasteiger partial charge < -0.3 is 9.88 Å². The van der Waals surface area contributed by atoms with Crippen molar-refractivity contribution in [3.63, 3.8) is 0 Å². The van der Waals surface area contributed by atoms with Gasteiger partial charge in [0, 0.05) is 35.4 Å². The number of aromatic amines is 1. The molecule has 0 fully saturated rings. The third-order valence-electron chi connectivity index (χ3n) is 4.62. The Morgan fingerprint density at radius 1 is 1.17 bits per heavy atom. The van der Waals surface area contributed by atoms with Crippen LogP contribution in [-0.4, -0.2) is 26.5 Å². The van der Waals surface area contributed by atoms with Gasteiger partial charge >= 0.3 is 0 Å². The number of benzene rings is 2. The van der Waals surface area contributed by atoms with Gasteiger partial charge in [-0.3, -0.25) is 14.7 Å². The van der Waals surface area contributed by atoms with Crippen molar-refractivity contribution in [1.29, 1.82) is 5.26 Å². The minimum atomic E-state index is -0.738. The van der Waals surface area contributed by atoms with Gasteiger partial charge in [0.05, 0.1) is 17.2 Å². The Morgan fingerprint density at radius 2 is 1.93 bits per heavy atom. The van der Waals surface area contributed by atoms with Gasteiger partial charge in [-0.2, -0.15) is 10.4 Å². The lowest BCUT2D eigenvalue weighted by molar-refractivity contribution is -0.112. The summed E-state index contributed by atoms with van der Waals surface area (Å²) in [4.78, 5) is 25.3. The number of Topliss-reactive ketones (excluding diaryl/α,β-unsaturated/α-hetero) is 1. The zero-order chi connectivity index (χ0) is 20.4. The molecule has 29 heavy (non-hydrogen) atoms. The van der Waals surface area contributed by atoms with Crippen LogP contribution in [0.1, 0.15) is 27.2 Å². The van der Waals surface area contributed by atoms with Crippen LogP contribution in [0.4, 0.5) is 5.82 Å². The number of hydrogen-bond donors (Lipinski definition) is 2. The molecule has 0 radical (unpaired) electrons. The Labute approximate surface area is 166 Å². The van der Waals surface area contributed by atoms with E-state index in [0.717, 1.165) is 16.8 Å². The zero-order valence-electron chi connectivity index (χ0n) is 15.6. The molecule has 2 N–H and O–H groups in total. The number of anilines is 1. The van der Waals surface area contributed by atoms with Crippen molar-refractivity contribution in [2.45, 2.75) is 13.5 Å². The van der Waals surface area contributed by atoms with Crippen LogP contribution in [0.3, 0.4) is 0 Å². The van der Waals surface area contributed by atoms with Gasteiger partial charge in [-0.25, -0.2) is 0 Å². The normalized spacial score (nSPS) is 10.6. The van der Waals surface area contributed by atoms with E-state index in [2.05, 4.69) is 21.6 Å². The molecule has 0 bridgehead atoms. The summed E-state index contributed by atoms with van der Waals surface area (Å²) in [7, 11) is 0. The number of aromatic nitrogens is 3. The van der Waals surface area contributed by atoms with Crippen LogP contribution in [0.5, 0.6) is 0 Å². The Morgan fingerprint density at radius 3 is 2.62 bits per heavy atom. The van der Waals surface area contributed by atoms with Gasteiger partial charge in [0.15, 0.2) is 5.82 Å². The molecule has 0 saturated carbocycles. The number of H-pyrrole nitrogens is 1. The quantitative estimate of drug-likeness (QED) is 0.407. The average molecular weight is 383 g/mol. The molecule has 2 aromatic carbocycles. The molecular formula is C22H17N5O2. The van der Waals surface area contributed by atoms with Crippen molar-refractivity contribution in [3.8, 4) is 6.07 Å². The summed E-state index contributed by atoms with van der Waals surface area (Å²) in [5.74, 6) is -1.06. The van der Waals surface area contributed by atoms with Gasteiger partial charge in [-0.05, 0) is 30.7 Å². The first kappa shape index (κ1) is 18.2. The molecule has 7 nitrogen and oxygen atoms in total. The first-order valence-corrected chi connectivity index (χ1v) is 9.00. The number of nitriles is 1. The summed E-state index contributed by atoms with van der Waals surface area (Å²) in [5.41, 5.74) is 3.54. The van der Waals surface area contributed by atoms with Crippen LogP contribution in [-0.2, 0) is 11.3 Å². The van der Waals surface area contributed by atoms with E-state index in [-0.39, 0.29) is 0 Å². The van der Waals surface area contributed by atoms with Crippen molar-refractivity contribution in [2.24, 2.45) is 0 Å². The number of nitrogens with zero attached hydrogens (tertiary/aromatic N) is 3. The number of ketones is 1. The first-order chi connectivity index (χ1) is 14.0. The monoisotopic (exact) mass is 383 g/mol.